The first-order valence-electron chi connectivity index (χ1n) is 9.57. The maximum Gasteiger partial charge on any atom is 0.0877 e. The van der Waals surface area contributed by atoms with Crippen molar-refractivity contribution in [2.75, 3.05) is 11.9 Å². The lowest BCUT2D eigenvalue weighted by atomic mass is 10.0. The van der Waals surface area contributed by atoms with Gasteiger partial charge in [0.2, 0.25) is 0 Å². The zero-order chi connectivity index (χ0) is 18.5. The van der Waals surface area contributed by atoms with E-state index in [0.29, 0.717) is 0 Å². The van der Waals surface area contributed by atoms with E-state index in [1.807, 2.05) is 36.7 Å². The van der Waals surface area contributed by atoms with Gasteiger partial charge >= 0.3 is 0 Å². The molecule has 0 atom stereocenters. The van der Waals surface area contributed by atoms with Crippen molar-refractivity contribution in [3.05, 3.63) is 84.7 Å². The first kappa shape index (κ1) is 15.4. The first-order valence-corrected chi connectivity index (χ1v) is 9.57. The second kappa shape index (κ2) is 5.92. The second-order valence-corrected chi connectivity index (χ2v) is 7.11. The van der Waals surface area contributed by atoms with Gasteiger partial charge in [-0.25, -0.2) is 0 Å². The molecule has 4 heteroatoms. The predicted octanol–water partition coefficient (Wildman–Crippen LogP) is 5.18. The van der Waals surface area contributed by atoms with Crippen LogP contribution in [0.1, 0.15) is 5.56 Å². The van der Waals surface area contributed by atoms with Crippen LogP contribution in [-0.4, -0.2) is 20.9 Å². The lowest BCUT2D eigenvalue weighted by Gasteiger charge is -2.21. The molecule has 0 fully saturated rings. The van der Waals surface area contributed by atoms with Crippen molar-refractivity contribution in [1.29, 1.82) is 0 Å². The third-order valence-corrected chi connectivity index (χ3v) is 5.54. The van der Waals surface area contributed by atoms with Crippen LogP contribution in [0.2, 0.25) is 0 Å². The Hall–Kier alpha value is -3.66. The maximum absolute atomic E-state index is 4.71. The molecule has 134 valence electrons. The van der Waals surface area contributed by atoms with Gasteiger partial charge in [0, 0.05) is 29.9 Å². The fourth-order valence-electron chi connectivity index (χ4n) is 4.41. The maximum atomic E-state index is 4.71. The number of hydrogen-bond acceptors (Lipinski definition) is 3. The summed E-state index contributed by atoms with van der Waals surface area (Å²) in [5.41, 5.74) is 9.13. The van der Waals surface area contributed by atoms with Gasteiger partial charge in [0.25, 0.3) is 0 Å². The molecule has 5 aromatic rings. The minimum Gasteiger partial charge on any atom is -0.383 e. The smallest absolute Gasteiger partial charge is 0.0877 e. The molecular formula is C24H18N4. The average molecular weight is 362 g/mol. The van der Waals surface area contributed by atoms with Crippen LogP contribution in [0, 0.1) is 0 Å². The molecule has 28 heavy (non-hydrogen) atoms. The number of benzene rings is 1. The number of pyridine rings is 3. The summed E-state index contributed by atoms with van der Waals surface area (Å²) < 4.78 is 2.37. The standard InChI is InChI=1S/C24H18N4/c1-2-10-22-16(7-1)17-11-14-27-21-15-18(19-8-3-5-12-25-19)24(28(22)23(17)21)20-9-4-6-13-26-20/h1-10,12-13,15,27H,11,14H2. The number of rotatable bonds is 2. The van der Waals surface area contributed by atoms with Crippen LogP contribution >= 0.6 is 0 Å². The Kier molecular flexibility index (Phi) is 3.26. The summed E-state index contributed by atoms with van der Waals surface area (Å²) in [6, 6.07) is 23.0. The normalized spacial score (nSPS) is 13.0. The first-order chi connectivity index (χ1) is 13.9. The van der Waals surface area contributed by atoms with Crippen LogP contribution in [0.15, 0.2) is 79.1 Å². The van der Waals surface area contributed by atoms with Gasteiger partial charge < -0.3 is 9.72 Å². The molecule has 1 aliphatic heterocycles. The number of fused-ring (bicyclic) bond motifs is 3. The van der Waals surface area contributed by atoms with Crippen molar-refractivity contribution in [3.63, 3.8) is 0 Å². The second-order valence-electron chi connectivity index (χ2n) is 7.11. The molecule has 0 unspecified atom stereocenters. The Morgan fingerprint density at radius 1 is 0.821 bits per heavy atom. The zero-order valence-corrected chi connectivity index (χ0v) is 15.3. The van der Waals surface area contributed by atoms with E-state index in [1.54, 1.807) is 0 Å². The lowest BCUT2D eigenvalue weighted by molar-refractivity contribution is 1.01. The van der Waals surface area contributed by atoms with Gasteiger partial charge in [0.1, 0.15) is 0 Å². The van der Waals surface area contributed by atoms with Crippen LogP contribution in [0.4, 0.5) is 5.69 Å². The summed E-state index contributed by atoms with van der Waals surface area (Å²) in [6.45, 7) is 0.946. The SMILES string of the molecule is c1ccc(-c2cc3c4c(c5ccccc5n4c2-c2ccccn2)CCN3)nc1. The molecule has 0 radical (unpaired) electrons. The molecule has 0 aliphatic carbocycles. The van der Waals surface area contributed by atoms with Gasteiger partial charge in [0.15, 0.2) is 0 Å². The fraction of sp³-hybridized carbons (Fsp3) is 0.0833. The van der Waals surface area contributed by atoms with Crippen molar-refractivity contribution in [1.82, 2.24) is 14.4 Å². The van der Waals surface area contributed by atoms with E-state index < -0.39 is 0 Å². The van der Waals surface area contributed by atoms with Crippen LogP contribution in [0.25, 0.3) is 39.1 Å². The third-order valence-electron chi connectivity index (χ3n) is 5.54. The molecule has 0 saturated heterocycles. The molecular weight excluding hydrogens is 344 g/mol. The molecule has 4 nitrogen and oxygen atoms in total. The van der Waals surface area contributed by atoms with E-state index in [9.17, 15) is 0 Å². The average Bonchev–Trinajstić information content (AvgIpc) is 3.11. The molecule has 0 bridgehead atoms. The molecule has 0 amide bonds. The van der Waals surface area contributed by atoms with Crippen molar-refractivity contribution in [2.45, 2.75) is 6.42 Å². The van der Waals surface area contributed by atoms with Gasteiger partial charge in [-0.3, -0.25) is 9.97 Å². The summed E-state index contributed by atoms with van der Waals surface area (Å²) >= 11 is 0. The number of nitrogens with one attached hydrogen (secondary N) is 1. The van der Waals surface area contributed by atoms with Crippen molar-refractivity contribution in [3.8, 4) is 22.6 Å². The minimum absolute atomic E-state index is 0.946. The van der Waals surface area contributed by atoms with Gasteiger partial charge in [0.05, 0.1) is 33.8 Å². The van der Waals surface area contributed by atoms with Crippen molar-refractivity contribution >= 4 is 22.1 Å². The highest BCUT2D eigenvalue weighted by atomic mass is 15.0. The Bertz CT molecular complexity index is 1320. The van der Waals surface area contributed by atoms with Gasteiger partial charge in [-0.2, -0.15) is 0 Å². The Labute approximate surface area is 162 Å². The zero-order valence-electron chi connectivity index (χ0n) is 15.3. The van der Waals surface area contributed by atoms with E-state index in [4.69, 9.17) is 4.98 Å². The number of aromatic nitrogens is 3. The number of nitrogens with zero attached hydrogens (tertiary/aromatic N) is 3. The highest BCUT2D eigenvalue weighted by Gasteiger charge is 2.24. The Balaban J connectivity index is 1.86. The topological polar surface area (TPSA) is 42.2 Å². The molecule has 1 aromatic carbocycles. The highest BCUT2D eigenvalue weighted by molar-refractivity contribution is 6.02. The molecule has 4 aromatic heterocycles. The van der Waals surface area contributed by atoms with Crippen LogP contribution in [0.3, 0.4) is 0 Å². The molecule has 5 heterocycles. The van der Waals surface area contributed by atoms with Crippen LogP contribution < -0.4 is 5.32 Å². The largest absolute Gasteiger partial charge is 0.383 e. The van der Waals surface area contributed by atoms with Gasteiger partial charge in [-0.05, 0) is 48.4 Å². The third kappa shape index (κ3) is 2.12. The van der Waals surface area contributed by atoms with Crippen molar-refractivity contribution in [2.24, 2.45) is 0 Å². The minimum atomic E-state index is 0.946. The van der Waals surface area contributed by atoms with Gasteiger partial charge in [-0.15, -0.1) is 0 Å². The van der Waals surface area contributed by atoms with E-state index in [-0.39, 0.29) is 0 Å². The van der Waals surface area contributed by atoms with Crippen LogP contribution in [0.5, 0.6) is 0 Å². The molecule has 0 spiro atoms. The number of para-hydroxylation sites is 1. The Morgan fingerprint density at radius 2 is 1.57 bits per heavy atom. The summed E-state index contributed by atoms with van der Waals surface area (Å²) in [7, 11) is 0. The molecule has 1 N–H and O–H groups in total. The van der Waals surface area contributed by atoms with Gasteiger partial charge in [-0.1, -0.05) is 30.3 Å². The highest BCUT2D eigenvalue weighted by Crippen LogP contribution is 2.42. The number of hydrogen-bond donors (Lipinski definition) is 1. The molecule has 1 aliphatic rings. The fourth-order valence-corrected chi connectivity index (χ4v) is 4.41. The van der Waals surface area contributed by atoms with E-state index in [0.717, 1.165) is 41.3 Å². The summed E-state index contributed by atoms with van der Waals surface area (Å²) in [6.07, 6.45) is 4.72. The quantitative estimate of drug-likeness (QED) is 0.470. The number of anilines is 1. The van der Waals surface area contributed by atoms with E-state index >= 15 is 0 Å². The predicted molar refractivity (Wildman–Crippen MR) is 114 cm³/mol. The van der Waals surface area contributed by atoms with Crippen LogP contribution in [-0.2, 0) is 6.42 Å². The lowest BCUT2D eigenvalue weighted by Crippen LogP contribution is -2.12. The molecule has 6 rings (SSSR count). The van der Waals surface area contributed by atoms with E-state index in [2.05, 4.69) is 57.2 Å². The van der Waals surface area contributed by atoms with Crippen molar-refractivity contribution < 1.29 is 0 Å². The summed E-state index contributed by atoms with van der Waals surface area (Å²) in [5.74, 6) is 0. The van der Waals surface area contributed by atoms with E-state index in [1.165, 1.54) is 22.0 Å². The monoisotopic (exact) mass is 362 g/mol. The summed E-state index contributed by atoms with van der Waals surface area (Å²) in [4.78, 5) is 9.36. The summed E-state index contributed by atoms with van der Waals surface area (Å²) in [5, 5.41) is 4.93. The Morgan fingerprint density at radius 3 is 2.36 bits per heavy atom. The molecule has 0 saturated carbocycles.